The molecule has 128 valence electrons. The summed E-state index contributed by atoms with van der Waals surface area (Å²) >= 11 is 5.31. The number of benzene rings is 1. The highest BCUT2D eigenvalue weighted by atomic mass is 79.9. The van der Waals surface area contributed by atoms with Gasteiger partial charge in [-0.25, -0.2) is 0 Å². The fourth-order valence-electron chi connectivity index (χ4n) is 3.42. The van der Waals surface area contributed by atoms with E-state index in [1.165, 1.54) is 24.2 Å². The maximum absolute atomic E-state index is 12.4. The second-order valence-electron chi connectivity index (χ2n) is 6.34. The van der Waals surface area contributed by atoms with Crippen LogP contribution in [0.15, 0.2) is 33.6 Å². The lowest BCUT2D eigenvalue weighted by Gasteiger charge is -2.39. The lowest BCUT2D eigenvalue weighted by Crippen LogP contribution is -2.44. The predicted octanol–water partition coefficient (Wildman–Crippen LogP) is 3.96. The molecule has 2 aliphatic rings. The number of thioether (sulfide) groups is 1. The molecule has 2 fully saturated rings. The molecule has 0 saturated carbocycles. The van der Waals surface area contributed by atoms with E-state index < -0.39 is 0 Å². The zero-order valence-electron chi connectivity index (χ0n) is 13.2. The molecule has 3 nitrogen and oxygen atoms in total. The van der Waals surface area contributed by atoms with Gasteiger partial charge in [0.1, 0.15) is 0 Å². The normalized spacial score (nSPS) is 19.6. The first-order valence-electron chi connectivity index (χ1n) is 8.04. The Labute approximate surface area is 157 Å². The van der Waals surface area contributed by atoms with Crippen LogP contribution in [0.3, 0.4) is 0 Å². The third-order valence-corrected chi connectivity index (χ3v) is 6.95. The third kappa shape index (κ3) is 4.88. The van der Waals surface area contributed by atoms with Crippen molar-refractivity contribution in [3.8, 4) is 0 Å². The van der Waals surface area contributed by atoms with Crippen molar-refractivity contribution in [2.75, 3.05) is 31.9 Å². The highest BCUT2D eigenvalue weighted by Crippen LogP contribution is 2.37. The number of amides is 1. The number of nitrogens with zero attached hydrogens (tertiary/aromatic N) is 1. The molecule has 0 aromatic heterocycles. The maximum atomic E-state index is 12.4. The van der Waals surface area contributed by atoms with E-state index in [-0.39, 0.29) is 12.4 Å². The van der Waals surface area contributed by atoms with E-state index in [4.69, 9.17) is 0 Å². The molecule has 0 unspecified atom stereocenters. The van der Waals surface area contributed by atoms with Crippen LogP contribution in [0, 0.1) is 5.41 Å². The topological polar surface area (TPSA) is 32.3 Å². The highest BCUT2D eigenvalue weighted by Gasteiger charge is 2.37. The van der Waals surface area contributed by atoms with Gasteiger partial charge in [-0.15, -0.1) is 24.2 Å². The number of nitrogens with one attached hydrogen (secondary N) is 1. The highest BCUT2D eigenvalue weighted by molar-refractivity contribution is 9.10. The number of piperidine rings is 1. The van der Waals surface area contributed by atoms with E-state index in [1.807, 2.05) is 18.2 Å². The molecule has 1 spiro atoms. The quantitative estimate of drug-likeness (QED) is 0.750. The van der Waals surface area contributed by atoms with Gasteiger partial charge in [0, 0.05) is 41.2 Å². The monoisotopic (exact) mass is 418 g/mol. The standard InChI is InChI=1S/C17H23BrN2OS.ClH/c18-14-3-1-2-4-15(14)22-12-5-16(21)20-10-7-17(8-11-20)6-9-19-13-17;/h1-4,19H,5-13H2;1H. The van der Waals surface area contributed by atoms with Gasteiger partial charge in [0.05, 0.1) is 0 Å². The van der Waals surface area contributed by atoms with Crippen molar-refractivity contribution >= 4 is 46.0 Å². The molecule has 2 heterocycles. The van der Waals surface area contributed by atoms with Gasteiger partial charge in [-0.05, 0) is 59.3 Å². The number of halogens is 2. The lowest BCUT2D eigenvalue weighted by atomic mass is 9.78. The summed E-state index contributed by atoms with van der Waals surface area (Å²) in [6, 6.07) is 8.19. The van der Waals surface area contributed by atoms with E-state index >= 15 is 0 Å². The SMILES string of the molecule is Cl.O=C(CCSc1ccccc1Br)N1CCC2(CCNC2)CC1. The van der Waals surface area contributed by atoms with E-state index in [1.54, 1.807) is 11.8 Å². The van der Waals surface area contributed by atoms with Crippen molar-refractivity contribution in [1.82, 2.24) is 10.2 Å². The van der Waals surface area contributed by atoms with Gasteiger partial charge in [0.15, 0.2) is 0 Å². The van der Waals surface area contributed by atoms with Crippen LogP contribution in [0.2, 0.25) is 0 Å². The Morgan fingerprint density at radius 1 is 1.26 bits per heavy atom. The molecule has 23 heavy (non-hydrogen) atoms. The van der Waals surface area contributed by atoms with Gasteiger partial charge in [-0.2, -0.15) is 0 Å². The van der Waals surface area contributed by atoms with Gasteiger partial charge >= 0.3 is 0 Å². The zero-order chi connectivity index (χ0) is 15.4. The van der Waals surface area contributed by atoms with Gasteiger partial charge in [0.25, 0.3) is 0 Å². The van der Waals surface area contributed by atoms with Crippen molar-refractivity contribution in [3.63, 3.8) is 0 Å². The number of carbonyl (C=O) groups is 1. The maximum Gasteiger partial charge on any atom is 0.223 e. The van der Waals surface area contributed by atoms with Crippen molar-refractivity contribution in [1.29, 1.82) is 0 Å². The molecule has 3 rings (SSSR count). The van der Waals surface area contributed by atoms with Crippen LogP contribution in [0.1, 0.15) is 25.7 Å². The van der Waals surface area contributed by atoms with Crippen LogP contribution in [0.4, 0.5) is 0 Å². The van der Waals surface area contributed by atoms with Gasteiger partial charge < -0.3 is 10.2 Å². The van der Waals surface area contributed by atoms with Crippen LogP contribution in [0.5, 0.6) is 0 Å². The molecule has 1 aromatic rings. The fourth-order valence-corrected chi connectivity index (χ4v) is 4.93. The number of likely N-dealkylation sites (tertiary alicyclic amines) is 1. The molecule has 6 heteroatoms. The summed E-state index contributed by atoms with van der Waals surface area (Å²) in [5.74, 6) is 1.17. The number of carbonyl (C=O) groups excluding carboxylic acids is 1. The summed E-state index contributed by atoms with van der Waals surface area (Å²) in [7, 11) is 0. The summed E-state index contributed by atoms with van der Waals surface area (Å²) < 4.78 is 1.11. The Morgan fingerprint density at radius 3 is 2.65 bits per heavy atom. The number of rotatable bonds is 4. The van der Waals surface area contributed by atoms with Crippen LogP contribution < -0.4 is 5.32 Å². The molecule has 0 atom stereocenters. The van der Waals surface area contributed by atoms with Crippen LogP contribution >= 0.6 is 40.1 Å². The van der Waals surface area contributed by atoms with Gasteiger partial charge in [-0.3, -0.25) is 4.79 Å². The predicted molar refractivity (Wildman–Crippen MR) is 102 cm³/mol. The molecule has 0 aliphatic carbocycles. The number of hydrogen-bond acceptors (Lipinski definition) is 3. The van der Waals surface area contributed by atoms with Crippen molar-refractivity contribution < 1.29 is 4.79 Å². The van der Waals surface area contributed by atoms with E-state index in [9.17, 15) is 4.79 Å². The Morgan fingerprint density at radius 2 is 2.00 bits per heavy atom. The Balaban J connectivity index is 0.00000192. The molecule has 1 N–H and O–H groups in total. The van der Waals surface area contributed by atoms with Crippen LogP contribution in [0.25, 0.3) is 0 Å². The summed E-state index contributed by atoms with van der Waals surface area (Å²) in [6.07, 6.45) is 4.26. The molecule has 1 amide bonds. The van der Waals surface area contributed by atoms with E-state index in [0.29, 0.717) is 17.7 Å². The van der Waals surface area contributed by atoms with Crippen molar-refractivity contribution in [2.45, 2.75) is 30.6 Å². The van der Waals surface area contributed by atoms with Gasteiger partial charge in [0.2, 0.25) is 5.91 Å². The van der Waals surface area contributed by atoms with Crippen molar-refractivity contribution in [3.05, 3.63) is 28.7 Å². The summed E-state index contributed by atoms with van der Waals surface area (Å²) in [6.45, 7) is 4.18. The molecule has 1 aromatic carbocycles. The first kappa shape index (κ1) is 19.1. The summed E-state index contributed by atoms with van der Waals surface area (Å²) in [5, 5.41) is 3.47. The smallest absolute Gasteiger partial charge is 0.223 e. The zero-order valence-corrected chi connectivity index (χ0v) is 16.4. The first-order chi connectivity index (χ1) is 10.7. The van der Waals surface area contributed by atoms with Crippen molar-refractivity contribution in [2.24, 2.45) is 5.41 Å². The summed E-state index contributed by atoms with van der Waals surface area (Å²) in [5.41, 5.74) is 0.487. The third-order valence-electron chi connectivity index (χ3n) is 4.92. The minimum absolute atomic E-state index is 0. The first-order valence-corrected chi connectivity index (χ1v) is 9.82. The number of hydrogen-bond donors (Lipinski definition) is 1. The average molecular weight is 420 g/mol. The van der Waals surface area contributed by atoms with Gasteiger partial charge in [-0.1, -0.05) is 12.1 Å². The Kier molecular flexibility index (Phi) is 7.26. The molecular formula is C17H24BrClN2OS. The second kappa shape index (κ2) is 8.75. The second-order valence-corrected chi connectivity index (χ2v) is 8.33. The Bertz CT molecular complexity index is 527. The summed E-state index contributed by atoms with van der Waals surface area (Å²) in [4.78, 5) is 15.6. The van der Waals surface area contributed by atoms with E-state index in [0.717, 1.165) is 36.4 Å². The van der Waals surface area contributed by atoms with E-state index in [2.05, 4.69) is 32.2 Å². The molecule has 2 aliphatic heterocycles. The minimum Gasteiger partial charge on any atom is -0.343 e. The Hall–Kier alpha value is -0.230. The molecule has 0 radical (unpaired) electrons. The molecule has 2 saturated heterocycles. The lowest BCUT2D eigenvalue weighted by molar-refractivity contribution is -0.132. The molecule has 0 bridgehead atoms. The van der Waals surface area contributed by atoms with Crippen LogP contribution in [-0.2, 0) is 4.79 Å². The molecular weight excluding hydrogens is 396 g/mol. The largest absolute Gasteiger partial charge is 0.343 e. The minimum atomic E-state index is 0. The fraction of sp³-hybridized carbons (Fsp3) is 0.588. The van der Waals surface area contributed by atoms with Crippen LogP contribution in [-0.4, -0.2) is 42.7 Å². The average Bonchev–Trinajstić information content (AvgIpc) is 2.98.